The van der Waals surface area contributed by atoms with E-state index in [9.17, 15) is 8.42 Å². The molecule has 0 saturated carbocycles. The third-order valence-corrected chi connectivity index (χ3v) is 7.35. The standard InChI is InChI=1S/C31H33N3O2S/c1-21(2)27-18-28(22(3)4)31(29(19-27)23(5)6)37(35,36)34-33-30(17-14-24-10-8-7-9-11-24)26-15-12-25(20-32)13-16-26/h7-13,15-16,18-19,21-23,34H,1-6H3/b33-30+. The van der Waals surface area contributed by atoms with E-state index in [1.165, 1.54) is 0 Å². The largest absolute Gasteiger partial charge is 0.277 e. The van der Waals surface area contributed by atoms with Crippen molar-refractivity contribution in [3.63, 3.8) is 0 Å². The van der Waals surface area contributed by atoms with E-state index in [-0.39, 0.29) is 28.4 Å². The van der Waals surface area contributed by atoms with Gasteiger partial charge < -0.3 is 0 Å². The van der Waals surface area contributed by atoms with Gasteiger partial charge in [0.15, 0.2) is 0 Å². The van der Waals surface area contributed by atoms with Gasteiger partial charge in [-0.3, -0.25) is 0 Å². The molecule has 1 N–H and O–H groups in total. The molecule has 3 aromatic rings. The normalized spacial score (nSPS) is 11.8. The molecule has 0 amide bonds. The Kier molecular flexibility index (Phi) is 8.92. The highest BCUT2D eigenvalue weighted by atomic mass is 32.2. The van der Waals surface area contributed by atoms with Crippen molar-refractivity contribution in [2.24, 2.45) is 5.10 Å². The monoisotopic (exact) mass is 511 g/mol. The van der Waals surface area contributed by atoms with Gasteiger partial charge in [0.25, 0.3) is 10.0 Å². The minimum atomic E-state index is -4.01. The van der Waals surface area contributed by atoms with E-state index >= 15 is 0 Å². The maximum absolute atomic E-state index is 13.8. The lowest BCUT2D eigenvalue weighted by atomic mass is 9.89. The van der Waals surface area contributed by atoms with E-state index in [4.69, 9.17) is 5.26 Å². The molecule has 0 saturated heterocycles. The van der Waals surface area contributed by atoms with Gasteiger partial charge in [0, 0.05) is 11.1 Å². The van der Waals surface area contributed by atoms with Crippen molar-refractivity contribution < 1.29 is 8.42 Å². The summed E-state index contributed by atoms with van der Waals surface area (Å²) in [7, 11) is -4.01. The molecule has 0 radical (unpaired) electrons. The Morgan fingerprint density at radius 1 is 0.811 bits per heavy atom. The molecule has 0 heterocycles. The first-order valence-electron chi connectivity index (χ1n) is 12.4. The fourth-order valence-electron chi connectivity index (χ4n) is 3.87. The van der Waals surface area contributed by atoms with E-state index in [1.54, 1.807) is 24.3 Å². The highest BCUT2D eigenvalue weighted by Crippen LogP contribution is 2.35. The first kappa shape index (κ1) is 27.7. The van der Waals surface area contributed by atoms with E-state index < -0.39 is 10.0 Å². The molecule has 0 atom stereocenters. The fraction of sp³-hybridized carbons (Fsp3) is 0.290. The highest BCUT2D eigenvalue weighted by molar-refractivity contribution is 7.89. The van der Waals surface area contributed by atoms with Gasteiger partial charge in [-0.25, -0.2) is 0 Å². The van der Waals surface area contributed by atoms with Crippen LogP contribution in [0.2, 0.25) is 0 Å². The summed E-state index contributed by atoms with van der Waals surface area (Å²) in [4.78, 5) is 2.75. The lowest BCUT2D eigenvalue weighted by Gasteiger charge is -2.22. The van der Waals surface area contributed by atoms with Crippen LogP contribution >= 0.6 is 0 Å². The molecule has 190 valence electrons. The average Bonchev–Trinajstić information content (AvgIpc) is 2.88. The highest BCUT2D eigenvalue weighted by Gasteiger charge is 2.27. The van der Waals surface area contributed by atoms with Crippen LogP contribution in [-0.4, -0.2) is 14.1 Å². The van der Waals surface area contributed by atoms with Crippen LogP contribution in [0.3, 0.4) is 0 Å². The predicted molar refractivity (Wildman–Crippen MR) is 150 cm³/mol. The maximum atomic E-state index is 13.8. The molecular weight excluding hydrogens is 478 g/mol. The van der Waals surface area contributed by atoms with Crippen molar-refractivity contribution in [3.8, 4) is 17.9 Å². The van der Waals surface area contributed by atoms with E-state index in [2.05, 4.69) is 41.7 Å². The number of nitrogens with one attached hydrogen (secondary N) is 1. The fourth-order valence-corrected chi connectivity index (χ4v) is 5.38. The molecular formula is C31H33N3O2S. The summed E-state index contributed by atoms with van der Waals surface area (Å²) >= 11 is 0. The number of hydrazone groups is 1. The summed E-state index contributed by atoms with van der Waals surface area (Å²) < 4.78 is 27.5. The summed E-state index contributed by atoms with van der Waals surface area (Å²) in [6, 6.07) is 22.2. The molecule has 0 bridgehead atoms. The zero-order valence-electron chi connectivity index (χ0n) is 22.2. The van der Waals surface area contributed by atoms with Gasteiger partial charge in [-0.15, -0.1) is 0 Å². The van der Waals surface area contributed by atoms with Crippen molar-refractivity contribution in [1.82, 2.24) is 4.83 Å². The van der Waals surface area contributed by atoms with Gasteiger partial charge >= 0.3 is 0 Å². The zero-order valence-corrected chi connectivity index (χ0v) is 23.0. The van der Waals surface area contributed by atoms with Crippen LogP contribution in [-0.2, 0) is 10.0 Å². The minimum absolute atomic E-state index is 0.00243. The van der Waals surface area contributed by atoms with Gasteiger partial charge in [-0.05, 0) is 64.6 Å². The SMILES string of the molecule is CC(C)c1cc(C(C)C)c(S(=O)(=O)N/N=C(\C#Cc2ccccc2)c2ccc(C#N)cc2)c(C(C)C)c1. The number of nitrogens with zero attached hydrogens (tertiary/aromatic N) is 2. The molecule has 0 fully saturated rings. The van der Waals surface area contributed by atoms with Crippen LogP contribution in [0, 0.1) is 23.2 Å². The zero-order chi connectivity index (χ0) is 27.2. The van der Waals surface area contributed by atoms with Crippen molar-refractivity contribution in [2.45, 2.75) is 64.2 Å². The van der Waals surface area contributed by atoms with Gasteiger partial charge in [0.1, 0.15) is 5.71 Å². The first-order valence-corrected chi connectivity index (χ1v) is 13.9. The lowest BCUT2D eigenvalue weighted by Crippen LogP contribution is -2.24. The molecule has 3 rings (SSSR count). The maximum Gasteiger partial charge on any atom is 0.277 e. The van der Waals surface area contributed by atoms with Crippen molar-refractivity contribution in [2.75, 3.05) is 0 Å². The van der Waals surface area contributed by atoms with E-state index in [0.29, 0.717) is 11.1 Å². The van der Waals surface area contributed by atoms with Crippen LogP contribution in [0.25, 0.3) is 0 Å². The average molecular weight is 512 g/mol. The Morgan fingerprint density at radius 3 is 1.86 bits per heavy atom. The third-order valence-electron chi connectivity index (χ3n) is 6.01. The Bertz CT molecular complexity index is 1450. The second kappa shape index (κ2) is 11.9. The molecule has 6 heteroatoms. The molecule has 0 aliphatic heterocycles. The first-order chi connectivity index (χ1) is 17.5. The lowest BCUT2D eigenvalue weighted by molar-refractivity contribution is 0.579. The molecule has 37 heavy (non-hydrogen) atoms. The number of sulfonamides is 1. The van der Waals surface area contributed by atoms with Crippen LogP contribution in [0.15, 0.2) is 76.7 Å². The van der Waals surface area contributed by atoms with Crippen LogP contribution in [0.4, 0.5) is 0 Å². The molecule has 0 unspecified atom stereocenters. The van der Waals surface area contributed by atoms with Crippen LogP contribution < -0.4 is 4.83 Å². The predicted octanol–water partition coefficient (Wildman–Crippen LogP) is 6.66. The number of benzene rings is 3. The Balaban J connectivity index is 2.14. The Morgan fingerprint density at radius 2 is 1.38 bits per heavy atom. The summed E-state index contributed by atoms with van der Waals surface area (Å²) in [6.45, 7) is 12.2. The Labute approximate surface area is 221 Å². The topological polar surface area (TPSA) is 82.3 Å². The number of hydrogen-bond acceptors (Lipinski definition) is 4. The van der Waals surface area contributed by atoms with Gasteiger partial charge in [0.05, 0.1) is 16.5 Å². The Hall–Kier alpha value is -3.87. The third kappa shape index (κ3) is 6.88. The molecule has 3 aromatic carbocycles. The van der Waals surface area contributed by atoms with E-state index in [0.717, 1.165) is 22.3 Å². The molecule has 5 nitrogen and oxygen atoms in total. The van der Waals surface area contributed by atoms with Crippen molar-refractivity contribution in [1.29, 1.82) is 5.26 Å². The summed E-state index contributed by atoms with van der Waals surface area (Å²) in [5, 5.41) is 13.4. The number of hydrogen-bond donors (Lipinski definition) is 1. The van der Waals surface area contributed by atoms with Gasteiger partial charge in [-0.1, -0.05) is 89.9 Å². The van der Waals surface area contributed by atoms with Gasteiger partial charge in [-0.2, -0.15) is 23.6 Å². The second-order valence-electron chi connectivity index (χ2n) is 9.85. The summed E-state index contributed by atoms with van der Waals surface area (Å²) in [6.07, 6.45) is 0. The number of rotatable bonds is 7. The van der Waals surface area contributed by atoms with Crippen molar-refractivity contribution >= 4 is 15.7 Å². The molecule has 0 aliphatic rings. The van der Waals surface area contributed by atoms with Crippen molar-refractivity contribution in [3.05, 3.63) is 100 Å². The molecule has 0 aliphatic carbocycles. The second-order valence-corrected chi connectivity index (χ2v) is 11.5. The molecule has 0 spiro atoms. The van der Waals surface area contributed by atoms with E-state index in [1.807, 2.05) is 70.2 Å². The molecule has 0 aromatic heterocycles. The summed E-state index contributed by atoms with van der Waals surface area (Å²) in [5.74, 6) is 6.33. The van der Waals surface area contributed by atoms with Gasteiger partial charge in [0.2, 0.25) is 0 Å². The quantitative estimate of drug-likeness (QED) is 0.219. The summed E-state index contributed by atoms with van der Waals surface area (Å²) in [5.41, 5.74) is 4.79. The van der Waals surface area contributed by atoms with Crippen LogP contribution in [0.5, 0.6) is 0 Å². The number of nitriles is 1. The minimum Gasteiger partial charge on any atom is -0.200 e. The smallest absolute Gasteiger partial charge is 0.200 e. The van der Waals surface area contributed by atoms with Crippen LogP contribution in [0.1, 0.15) is 92.7 Å².